The molecule has 1 atom stereocenters. The molecular formula is C13H22N2O3S. The highest BCUT2D eigenvalue weighted by molar-refractivity contribution is 7.88. The van der Waals surface area contributed by atoms with E-state index in [-0.39, 0.29) is 11.8 Å². The molecule has 1 rings (SSSR count). The number of benzene rings is 1. The van der Waals surface area contributed by atoms with Crippen LogP contribution in [0.3, 0.4) is 0 Å². The topological polar surface area (TPSA) is 72.6 Å². The number of anilines is 1. The van der Waals surface area contributed by atoms with E-state index in [0.29, 0.717) is 18.8 Å². The number of hydrogen-bond acceptors (Lipinski definition) is 4. The minimum atomic E-state index is -3.35. The summed E-state index contributed by atoms with van der Waals surface area (Å²) in [5, 5.41) is 0. The molecule has 0 aliphatic rings. The highest BCUT2D eigenvalue weighted by Crippen LogP contribution is 2.15. The summed E-state index contributed by atoms with van der Waals surface area (Å²) in [6.45, 7) is 4.48. The van der Waals surface area contributed by atoms with Gasteiger partial charge in [-0.1, -0.05) is 19.1 Å². The third kappa shape index (κ3) is 4.49. The molecular weight excluding hydrogens is 264 g/mol. The van der Waals surface area contributed by atoms with Crippen molar-refractivity contribution in [3.63, 3.8) is 0 Å². The van der Waals surface area contributed by atoms with E-state index < -0.39 is 10.0 Å². The first-order chi connectivity index (χ1) is 8.90. The van der Waals surface area contributed by atoms with Gasteiger partial charge < -0.3 is 10.5 Å². The fraction of sp³-hybridized carbons (Fsp3) is 0.538. The van der Waals surface area contributed by atoms with Gasteiger partial charge in [-0.3, -0.25) is 0 Å². The van der Waals surface area contributed by atoms with E-state index in [1.807, 2.05) is 13.8 Å². The monoisotopic (exact) mass is 286 g/mol. The second-order valence-corrected chi connectivity index (χ2v) is 6.43. The molecule has 5 nitrogen and oxygen atoms in total. The molecule has 0 saturated heterocycles. The number of likely N-dealkylation sites (N-methyl/N-ethyl adjacent to an activating group) is 1. The molecule has 0 aliphatic heterocycles. The molecule has 0 heterocycles. The van der Waals surface area contributed by atoms with Gasteiger partial charge in [0.15, 0.2) is 0 Å². The number of hydrogen-bond donors (Lipinski definition) is 1. The van der Waals surface area contributed by atoms with Crippen molar-refractivity contribution in [1.29, 1.82) is 0 Å². The fourth-order valence-electron chi connectivity index (χ4n) is 2.01. The molecule has 1 aromatic carbocycles. The Morgan fingerprint density at radius 1 is 1.32 bits per heavy atom. The van der Waals surface area contributed by atoms with Crippen molar-refractivity contribution < 1.29 is 13.2 Å². The lowest BCUT2D eigenvalue weighted by Gasteiger charge is -2.26. The van der Waals surface area contributed by atoms with Gasteiger partial charge >= 0.3 is 0 Å². The fourth-order valence-corrected chi connectivity index (χ4v) is 3.80. The lowest BCUT2D eigenvalue weighted by Crippen LogP contribution is -2.41. The van der Waals surface area contributed by atoms with Crippen LogP contribution in [0, 0.1) is 0 Å². The Bertz CT molecular complexity index is 485. The maximum atomic E-state index is 12.4. The third-order valence-corrected chi connectivity index (χ3v) is 4.93. The van der Waals surface area contributed by atoms with Gasteiger partial charge in [-0.2, -0.15) is 4.31 Å². The summed E-state index contributed by atoms with van der Waals surface area (Å²) >= 11 is 0. The molecule has 108 valence electrons. The van der Waals surface area contributed by atoms with Crippen LogP contribution >= 0.6 is 0 Å². The van der Waals surface area contributed by atoms with Crippen molar-refractivity contribution in [1.82, 2.24) is 4.31 Å². The molecule has 0 radical (unpaired) electrons. The number of nitrogens with zero attached hydrogens (tertiary/aromatic N) is 1. The van der Waals surface area contributed by atoms with E-state index in [2.05, 4.69) is 0 Å². The maximum absolute atomic E-state index is 12.4. The molecule has 0 aliphatic carbocycles. The van der Waals surface area contributed by atoms with Crippen LogP contribution in [0.2, 0.25) is 0 Å². The number of nitrogen functional groups attached to an aromatic ring is 1. The Kier molecular flexibility index (Phi) is 5.78. The van der Waals surface area contributed by atoms with Crippen LogP contribution in [0.1, 0.15) is 19.4 Å². The standard InChI is InChI=1S/C13H22N2O3S/c1-4-15(11(2)9-18-3)19(16,17)10-12-5-7-13(14)8-6-12/h5-8,11H,4,9-10,14H2,1-3H3. The van der Waals surface area contributed by atoms with Gasteiger partial charge in [0.25, 0.3) is 0 Å². The Balaban J connectivity index is 2.86. The summed E-state index contributed by atoms with van der Waals surface area (Å²) in [5.41, 5.74) is 6.95. The Morgan fingerprint density at radius 3 is 2.37 bits per heavy atom. The Labute approximate surface area is 115 Å². The normalized spacial score (nSPS) is 13.7. The summed E-state index contributed by atoms with van der Waals surface area (Å²) < 4.78 is 31.2. The van der Waals surface area contributed by atoms with Gasteiger partial charge in [0.1, 0.15) is 0 Å². The van der Waals surface area contributed by atoms with Crippen LogP contribution in [-0.2, 0) is 20.5 Å². The Hall–Kier alpha value is -1.11. The van der Waals surface area contributed by atoms with Crippen molar-refractivity contribution in [3.8, 4) is 0 Å². The minimum absolute atomic E-state index is 0.0187. The zero-order valence-corrected chi connectivity index (χ0v) is 12.5. The highest BCUT2D eigenvalue weighted by Gasteiger charge is 2.25. The van der Waals surface area contributed by atoms with E-state index in [1.165, 1.54) is 4.31 Å². The number of ether oxygens (including phenoxy) is 1. The van der Waals surface area contributed by atoms with Crippen molar-refractivity contribution >= 4 is 15.7 Å². The van der Waals surface area contributed by atoms with E-state index in [4.69, 9.17) is 10.5 Å². The number of methoxy groups -OCH3 is 1. The first-order valence-electron chi connectivity index (χ1n) is 6.23. The predicted octanol–water partition coefficient (Wildman–Crippen LogP) is 1.46. The van der Waals surface area contributed by atoms with Gasteiger partial charge in [-0.05, 0) is 24.6 Å². The summed E-state index contributed by atoms with van der Waals surface area (Å²) in [7, 11) is -1.78. The van der Waals surface area contributed by atoms with E-state index >= 15 is 0 Å². The zero-order valence-electron chi connectivity index (χ0n) is 11.7. The molecule has 0 bridgehead atoms. The maximum Gasteiger partial charge on any atom is 0.218 e. The highest BCUT2D eigenvalue weighted by atomic mass is 32.2. The second-order valence-electron chi connectivity index (χ2n) is 4.51. The lowest BCUT2D eigenvalue weighted by molar-refractivity contribution is 0.142. The molecule has 0 spiro atoms. The van der Waals surface area contributed by atoms with Gasteiger partial charge in [0.05, 0.1) is 12.4 Å². The molecule has 0 aromatic heterocycles. The smallest absolute Gasteiger partial charge is 0.218 e. The van der Waals surface area contributed by atoms with Crippen molar-refractivity contribution in [2.24, 2.45) is 0 Å². The molecule has 1 unspecified atom stereocenters. The largest absolute Gasteiger partial charge is 0.399 e. The molecule has 0 fully saturated rings. The van der Waals surface area contributed by atoms with Gasteiger partial charge in [0.2, 0.25) is 10.0 Å². The molecule has 6 heteroatoms. The molecule has 0 saturated carbocycles. The molecule has 2 N–H and O–H groups in total. The second kappa shape index (κ2) is 6.88. The van der Waals surface area contributed by atoms with Crippen LogP contribution in [0.25, 0.3) is 0 Å². The quantitative estimate of drug-likeness (QED) is 0.770. The van der Waals surface area contributed by atoms with E-state index in [0.717, 1.165) is 5.56 Å². The number of rotatable bonds is 7. The first kappa shape index (κ1) is 15.9. The Morgan fingerprint density at radius 2 is 1.89 bits per heavy atom. The van der Waals surface area contributed by atoms with Crippen molar-refractivity contribution in [2.75, 3.05) is 26.0 Å². The van der Waals surface area contributed by atoms with Crippen molar-refractivity contribution in [3.05, 3.63) is 29.8 Å². The molecule has 0 amide bonds. The number of nitrogens with two attached hydrogens (primary N) is 1. The van der Waals surface area contributed by atoms with Gasteiger partial charge in [0, 0.05) is 25.4 Å². The summed E-state index contributed by atoms with van der Waals surface area (Å²) in [6.07, 6.45) is 0. The molecule has 1 aromatic rings. The van der Waals surface area contributed by atoms with E-state index in [1.54, 1.807) is 31.4 Å². The average molecular weight is 286 g/mol. The average Bonchev–Trinajstić information content (AvgIpc) is 2.32. The predicted molar refractivity (Wildman–Crippen MR) is 77.2 cm³/mol. The van der Waals surface area contributed by atoms with Gasteiger partial charge in [-0.25, -0.2) is 8.42 Å². The SMILES string of the molecule is CCN(C(C)COC)S(=O)(=O)Cc1ccc(N)cc1. The van der Waals surface area contributed by atoms with Crippen molar-refractivity contribution in [2.45, 2.75) is 25.6 Å². The van der Waals surface area contributed by atoms with Crippen LogP contribution in [0.15, 0.2) is 24.3 Å². The summed E-state index contributed by atoms with van der Waals surface area (Å²) in [6, 6.07) is 6.72. The van der Waals surface area contributed by atoms with Crippen LogP contribution in [0.4, 0.5) is 5.69 Å². The van der Waals surface area contributed by atoms with Crippen LogP contribution in [0.5, 0.6) is 0 Å². The van der Waals surface area contributed by atoms with Gasteiger partial charge in [-0.15, -0.1) is 0 Å². The summed E-state index contributed by atoms with van der Waals surface area (Å²) in [5.74, 6) is -0.0187. The first-order valence-corrected chi connectivity index (χ1v) is 7.84. The zero-order chi connectivity index (χ0) is 14.5. The van der Waals surface area contributed by atoms with Crippen LogP contribution in [-0.4, -0.2) is 39.0 Å². The summed E-state index contributed by atoms with van der Waals surface area (Å²) in [4.78, 5) is 0. The third-order valence-electron chi connectivity index (χ3n) is 2.90. The minimum Gasteiger partial charge on any atom is -0.399 e. The number of sulfonamides is 1. The lowest BCUT2D eigenvalue weighted by atomic mass is 10.2. The van der Waals surface area contributed by atoms with Crippen LogP contribution < -0.4 is 5.73 Å². The molecule has 19 heavy (non-hydrogen) atoms. The van der Waals surface area contributed by atoms with E-state index in [9.17, 15) is 8.42 Å².